The molecule has 7 heteroatoms. The van der Waals surface area contributed by atoms with Crippen LogP contribution in [0.2, 0.25) is 0 Å². The molecule has 1 aromatic carbocycles. The number of carbonyl (C=O) groups excluding carboxylic acids is 1. The molecule has 19 heavy (non-hydrogen) atoms. The third kappa shape index (κ3) is 3.99. The Balaban J connectivity index is 1.80. The molecule has 5 nitrogen and oxygen atoms in total. The molecule has 0 radical (unpaired) electrons. The van der Waals surface area contributed by atoms with Crippen molar-refractivity contribution >= 4 is 29.0 Å². The van der Waals surface area contributed by atoms with E-state index >= 15 is 0 Å². The maximum atomic E-state index is 12.8. The Labute approximate surface area is 113 Å². The molecule has 2 rings (SSSR count). The fourth-order valence-corrected chi connectivity index (χ4v) is 2.20. The van der Waals surface area contributed by atoms with Gasteiger partial charge in [-0.2, -0.15) is 0 Å². The van der Waals surface area contributed by atoms with Gasteiger partial charge < -0.3 is 16.0 Å². The highest BCUT2D eigenvalue weighted by Gasteiger charge is 2.06. The molecule has 0 saturated heterocycles. The van der Waals surface area contributed by atoms with Crippen molar-refractivity contribution in [2.45, 2.75) is 11.6 Å². The van der Waals surface area contributed by atoms with Crippen molar-refractivity contribution in [1.82, 2.24) is 9.97 Å². The second-order valence-electron chi connectivity index (χ2n) is 3.77. The first-order valence-electron chi connectivity index (χ1n) is 5.62. The molecule has 1 amide bonds. The molecule has 0 bridgehead atoms. The molecular formula is C12H13FN4OS. The molecule has 0 aliphatic rings. The van der Waals surface area contributed by atoms with Crippen molar-refractivity contribution in [2.75, 3.05) is 16.8 Å². The number of halogens is 1. The van der Waals surface area contributed by atoms with Crippen LogP contribution in [0.15, 0.2) is 35.7 Å². The molecular weight excluding hydrogens is 267 g/mol. The van der Waals surface area contributed by atoms with E-state index < -0.39 is 5.82 Å². The fraction of sp³-hybridized carbons (Fsp3) is 0.167. The molecule has 0 aliphatic heterocycles. The SMILES string of the molecule is Nc1cc(F)ccc1NC(=O)CCSc1ncc[nH]1. The normalized spacial score (nSPS) is 10.4. The number of thioether (sulfide) groups is 1. The number of hydrogen-bond donors (Lipinski definition) is 3. The minimum Gasteiger partial charge on any atom is -0.397 e. The van der Waals surface area contributed by atoms with Crippen LogP contribution in [-0.4, -0.2) is 21.6 Å². The highest BCUT2D eigenvalue weighted by atomic mass is 32.2. The standard InChI is InChI=1S/C12H13FN4OS/c13-8-1-2-10(9(14)7-8)17-11(18)3-6-19-12-15-4-5-16-12/h1-2,4-5,7H,3,6,14H2,(H,15,16)(H,17,18). The summed E-state index contributed by atoms with van der Waals surface area (Å²) in [7, 11) is 0. The number of hydrogen-bond acceptors (Lipinski definition) is 4. The number of carbonyl (C=O) groups is 1. The first-order chi connectivity index (χ1) is 9.15. The zero-order valence-corrected chi connectivity index (χ0v) is 10.8. The van der Waals surface area contributed by atoms with Crippen molar-refractivity contribution in [2.24, 2.45) is 0 Å². The van der Waals surface area contributed by atoms with Crippen LogP contribution in [0.4, 0.5) is 15.8 Å². The Bertz CT molecular complexity index is 559. The Hall–Kier alpha value is -2.02. The molecule has 2 aromatic rings. The van der Waals surface area contributed by atoms with Crippen LogP contribution in [0.3, 0.4) is 0 Å². The largest absolute Gasteiger partial charge is 0.397 e. The van der Waals surface area contributed by atoms with Crippen LogP contribution in [0.1, 0.15) is 6.42 Å². The van der Waals surface area contributed by atoms with Gasteiger partial charge in [0.15, 0.2) is 5.16 Å². The molecule has 0 saturated carbocycles. The lowest BCUT2D eigenvalue weighted by Gasteiger charge is -2.07. The van der Waals surface area contributed by atoms with E-state index in [2.05, 4.69) is 15.3 Å². The number of nitrogen functional groups attached to an aromatic ring is 1. The summed E-state index contributed by atoms with van der Waals surface area (Å²) >= 11 is 1.45. The summed E-state index contributed by atoms with van der Waals surface area (Å²) in [5.74, 6) is 0.00159. The molecule has 0 unspecified atom stereocenters. The van der Waals surface area contributed by atoms with Crippen molar-refractivity contribution in [3.05, 3.63) is 36.4 Å². The van der Waals surface area contributed by atoms with Gasteiger partial charge in [0.1, 0.15) is 5.82 Å². The summed E-state index contributed by atoms with van der Waals surface area (Å²) in [5.41, 5.74) is 6.24. The van der Waals surface area contributed by atoms with E-state index in [0.29, 0.717) is 17.9 Å². The number of anilines is 2. The Morgan fingerprint density at radius 3 is 3.05 bits per heavy atom. The number of aromatic nitrogens is 2. The second-order valence-corrected chi connectivity index (χ2v) is 4.86. The summed E-state index contributed by atoms with van der Waals surface area (Å²) in [5, 5.41) is 3.42. The third-order valence-corrected chi connectivity index (χ3v) is 3.23. The maximum Gasteiger partial charge on any atom is 0.225 e. The predicted octanol–water partition coefficient (Wildman–Crippen LogP) is 2.25. The molecule has 0 aliphatic carbocycles. The van der Waals surface area contributed by atoms with Crippen LogP contribution in [0, 0.1) is 5.82 Å². The van der Waals surface area contributed by atoms with Crippen LogP contribution in [0.5, 0.6) is 0 Å². The summed E-state index contributed by atoms with van der Waals surface area (Å²) in [6.45, 7) is 0. The number of imidazole rings is 1. The van der Waals surface area contributed by atoms with Crippen LogP contribution in [-0.2, 0) is 4.79 Å². The van der Waals surface area contributed by atoms with Gasteiger partial charge in [-0.25, -0.2) is 9.37 Å². The first kappa shape index (κ1) is 13.4. The smallest absolute Gasteiger partial charge is 0.225 e. The van der Waals surface area contributed by atoms with Gasteiger partial charge in [0.05, 0.1) is 11.4 Å². The number of nitrogens with two attached hydrogens (primary N) is 1. The maximum absolute atomic E-state index is 12.8. The lowest BCUT2D eigenvalue weighted by molar-refractivity contribution is -0.115. The van der Waals surface area contributed by atoms with Gasteiger partial charge >= 0.3 is 0 Å². The Kier molecular flexibility index (Phi) is 4.40. The zero-order valence-electron chi connectivity index (χ0n) is 10.0. The number of benzene rings is 1. The van der Waals surface area contributed by atoms with E-state index in [1.165, 1.54) is 30.0 Å². The summed E-state index contributed by atoms with van der Waals surface area (Å²) in [6.07, 6.45) is 3.70. The molecule has 100 valence electrons. The van der Waals surface area contributed by atoms with Gasteiger partial charge in [-0.1, -0.05) is 11.8 Å². The van der Waals surface area contributed by atoms with Crippen molar-refractivity contribution < 1.29 is 9.18 Å². The lowest BCUT2D eigenvalue weighted by Crippen LogP contribution is -2.13. The third-order valence-electron chi connectivity index (χ3n) is 2.33. The number of rotatable bonds is 5. The second kappa shape index (κ2) is 6.24. The summed E-state index contributed by atoms with van der Waals surface area (Å²) in [4.78, 5) is 18.6. The number of H-pyrrole nitrogens is 1. The highest BCUT2D eigenvalue weighted by molar-refractivity contribution is 7.99. The average Bonchev–Trinajstić information content (AvgIpc) is 2.86. The summed E-state index contributed by atoms with van der Waals surface area (Å²) < 4.78 is 12.8. The van der Waals surface area contributed by atoms with E-state index in [-0.39, 0.29) is 11.6 Å². The zero-order chi connectivity index (χ0) is 13.7. The Morgan fingerprint density at radius 2 is 2.37 bits per heavy atom. The fourth-order valence-electron chi connectivity index (χ4n) is 1.43. The number of nitrogens with zero attached hydrogens (tertiary/aromatic N) is 1. The molecule has 0 fully saturated rings. The summed E-state index contributed by atoms with van der Waals surface area (Å²) in [6, 6.07) is 3.87. The van der Waals surface area contributed by atoms with E-state index in [1.54, 1.807) is 12.4 Å². The van der Waals surface area contributed by atoms with Gasteiger partial charge in [-0.15, -0.1) is 0 Å². The number of aromatic amines is 1. The van der Waals surface area contributed by atoms with Gasteiger partial charge in [-0.3, -0.25) is 4.79 Å². The number of amides is 1. The van der Waals surface area contributed by atoms with Crippen LogP contribution < -0.4 is 11.1 Å². The molecule has 1 aromatic heterocycles. The van der Waals surface area contributed by atoms with Crippen molar-refractivity contribution in [3.63, 3.8) is 0 Å². The van der Waals surface area contributed by atoms with Gasteiger partial charge in [0.25, 0.3) is 0 Å². The van der Waals surface area contributed by atoms with Gasteiger partial charge in [-0.05, 0) is 18.2 Å². The van der Waals surface area contributed by atoms with E-state index in [1.807, 2.05) is 0 Å². The minimum absolute atomic E-state index is 0.169. The van der Waals surface area contributed by atoms with Gasteiger partial charge in [0, 0.05) is 24.6 Å². The molecule has 0 atom stereocenters. The topological polar surface area (TPSA) is 83.8 Å². The highest BCUT2D eigenvalue weighted by Crippen LogP contribution is 2.20. The van der Waals surface area contributed by atoms with Crippen molar-refractivity contribution in [3.8, 4) is 0 Å². The van der Waals surface area contributed by atoms with E-state index in [9.17, 15) is 9.18 Å². The van der Waals surface area contributed by atoms with E-state index in [4.69, 9.17) is 5.73 Å². The molecule has 1 heterocycles. The monoisotopic (exact) mass is 280 g/mol. The van der Waals surface area contributed by atoms with Gasteiger partial charge in [0.2, 0.25) is 5.91 Å². The molecule has 4 N–H and O–H groups in total. The minimum atomic E-state index is -0.427. The van der Waals surface area contributed by atoms with Crippen molar-refractivity contribution in [1.29, 1.82) is 0 Å². The Morgan fingerprint density at radius 1 is 1.53 bits per heavy atom. The quantitative estimate of drug-likeness (QED) is 0.579. The average molecular weight is 280 g/mol. The van der Waals surface area contributed by atoms with Crippen LogP contribution in [0.25, 0.3) is 0 Å². The first-order valence-corrected chi connectivity index (χ1v) is 6.61. The lowest BCUT2D eigenvalue weighted by atomic mass is 10.2. The molecule has 0 spiro atoms. The predicted molar refractivity (Wildman–Crippen MR) is 73.4 cm³/mol. The van der Waals surface area contributed by atoms with Crippen LogP contribution >= 0.6 is 11.8 Å². The number of nitrogens with one attached hydrogen (secondary N) is 2. The van der Waals surface area contributed by atoms with E-state index in [0.717, 1.165) is 5.16 Å².